The highest BCUT2D eigenvalue weighted by Crippen LogP contribution is 2.40. The highest BCUT2D eigenvalue weighted by Gasteiger charge is 2.49. The predicted molar refractivity (Wildman–Crippen MR) is 114 cm³/mol. The molecule has 4 rings (SSSR count). The van der Waals surface area contributed by atoms with Crippen molar-refractivity contribution in [2.24, 2.45) is 0 Å². The number of nitrogens with one attached hydrogen (secondary N) is 1. The van der Waals surface area contributed by atoms with Gasteiger partial charge in [-0.1, -0.05) is 30.3 Å². The second-order valence-corrected chi connectivity index (χ2v) is 8.38. The van der Waals surface area contributed by atoms with Crippen LogP contribution in [0.5, 0.6) is 5.75 Å². The molecule has 1 aromatic heterocycles. The van der Waals surface area contributed by atoms with E-state index in [4.69, 9.17) is 4.74 Å². The Hall–Kier alpha value is -2.47. The molecule has 152 valence electrons. The van der Waals surface area contributed by atoms with Crippen molar-refractivity contribution in [1.29, 1.82) is 0 Å². The molecular weight excluding hydrogens is 364 g/mol. The molecule has 0 unspecified atom stereocenters. The third kappa shape index (κ3) is 3.73. The Kier molecular flexibility index (Phi) is 5.07. The number of pyridine rings is 1. The zero-order chi connectivity index (χ0) is 20.6. The second-order valence-electron chi connectivity index (χ2n) is 8.38. The number of aliphatic hydroxyl groups is 2. The summed E-state index contributed by atoms with van der Waals surface area (Å²) in [4.78, 5) is 4.54. The maximum atomic E-state index is 11.5. The molecule has 0 saturated carbocycles. The molecule has 1 aliphatic heterocycles. The number of aliphatic hydroxyl groups excluding tert-OH is 1. The van der Waals surface area contributed by atoms with Gasteiger partial charge in [-0.15, -0.1) is 0 Å². The lowest BCUT2D eigenvalue weighted by Crippen LogP contribution is -2.66. The monoisotopic (exact) mass is 392 g/mol. The van der Waals surface area contributed by atoms with Crippen LogP contribution in [0, 0.1) is 6.92 Å². The van der Waals surface area contributed by atoms with Gasteiger partial charge in [0.05, 0.1) is 17.8 Å². The summed E-state index contributed by atoms with van der Waals surface area (Å²) in [6.07, 6.45) is 1.24. The molecule has 1 aliphatic rings. The van der Waals surface area contributed by atoms with Gasteiger partial charge in [0.15, 0.2) is 5.72 Å². The van der Waals surface area contributed by atoms with Gasteiger partial charge >= 0.3 is 0 Å². The van der Waals surface area contributed by atoms with Crippen LogP contribution in [0.25, 0.3) is 10.9 Å². The van der Waals surface area contributed by atoms with Crippen LogP contribution in [0.15, 0.2) is 48.5 Å². The van der Waals surface area contributed by atoms with Gasteiger partial charge < -0.3 is 14.9 Å². The zero-order valence-corrected chi connectivity index (χ0v) is 17.2. The van der Waals surface area contributed by atoms with Crippen LogP contribution in [0.2, 0.25) is 0 Å². The van der Waals surface area contributed by atoms with Crippen molar-refractivity contribution < 1.29 is 14.9 Å². The summed E-state index contributed by atoms with van der Waals surface area (Å²) in [7, 11) is 0. The van der Waals surface area contributed by atoms with Gasteiger partial charge in [-0.25, -0.2) is 0 Å². The van der Waals surface area contributed by atoms with E-state index in [1.165, 1.54) is 5.56 Å². The first-order valence-corrected chi connectivity index (χ1v) is 10.1. The summed E-state index contributed by atoms with van der Waals surface area (Å²) in [6, 6.07) is 16.1. The largest absolute Gasteiger partial charge is 0.483 e. The van der Waals surface area contributed by atoms with E-state index in [0.717, 1.165) is 34.2 Å². The first kappa shape index (κ1) is 19.8. The lowest BCUT2D eigenvalue weighted by molar-refractivity contribution is -0.147. The molecule has 5 heteroatoms. The summed E-state index contributed by atoms with van der Waals surface area (Å²) in [6.45, 7) is 6.38. The number of nitrogens with zero attached hydrogens (tertiary/aromatic N) is 1. The Balaban J connectivity index is 1.62. The molecule has 0 bridgehead atoms. The molecule has 0 amide bonds. The van der Waals surface area contributed by atoms with Crippen molar-refractivity contribution in [3.63, 3.8) is 0 Å². The number of benzene rings is 2. The molecule has 1 atom stereocenters. The molecule has 5 nitrogen and oxygen atoms in total. The van der Waals surface area contributed by atoms with E-state index in [9.17, 15) is 10.2 Å². The lowest BCUT2D eigenvalue weighted by atomic mass is 9.84. The Labute approximate surface area is 171 Å². The van der Waals surface area contributed by atoms with Crippen LogP contribution in [-0.2, 0) is 19.4 Å². The maximum Gasteiger partial charge on any atom is 0.159 e. The minimum Gasteiger partial charge on any atom is -0.483 e. The number of aryl methyl sites for hydroxylation is 1. The Morgan fingerprint density at radius 1 is 1.14 bits per heavy atom. The SMILES string of the molecule is Cc1cc(CO)nc2cc3c(cc12)OC(C)(C)[C@@](O)(NCCc1ccccc1)C3. The molecule has 2 aromatic carbocycles. The Bertz CT molecular complexity index is 1030. The van der Waals surface area contributed by atoms with Crippen LogP contribution in [0.4, 0.5) is 0 Å². The molecule has 0 spiro atoms. The van der Waals surface area contributed by atoms with Gasteiger partial charge in [-0.2, -0.15) is 0 Å². The van der Waals surface area contributed by atoms with E-state index in [1.54, 1.807) is 0 Å². The molecule has 3 aromatic rings. The molecular formula is C24H28N2O3. The summed E-state index contributed by atoms with van der Waals surface area (Å²) in [5.41, 5.74) is 2.63. The third-order valence-electron chi connectivity index (χ3n) is 5.89. The second kappa shape index (κ2) is 7.41. The summed E-state index contributed by atoms with van der Waals surface area (Å²) < 4.78 is 6.27. The van der Waals surface area contributed by atoms with Crippen LogP contribution in [-0.4, -0.2) is 33.1 Å². The van der Waals surface area contributed by atoms with Crippen LogP contribution >= 0.6 is 0 Å². The Morgan fingerprint density at radius 3 is 2.62 bits per heavy atom. The van der Waals surface area contributed by atoms with Gasteiger partial charge in [0, 0.05) is 23.9 Å². The van der Waals surface area contributed by atoms with Gasteiger partial charge in [0.2, 0.25) is 0 Å². The van der Waals surface area contributed by atoms with Crippen LogP contribution in [0.1, 0.15) is 36.2 Å². The van der Waals surface area contributed by atoms with Crippen molar-refractivity contribution in [3.05, 3.63) is 70.9 Å². The van der Waals surface area contributed by atoms with Gasteiger partial charge in [0.1, 0.15) is 11.4 Å². The lowest BCUT2D eigenvalue weighted by Gasteiger charge is -2.47. The number of ether oxygens (including phenoxy) is 1. The molecule has 0 fully saturated rings. The number of rotatable bonds is 5. The smallest absolute Gasteiger partial charge is 0.159 e. The minimum absolute atomic E-state index is 0.0949. The van der Waals surface area contributed by atoms with E-state index in [1.807, 2.05) is 57.2 Å². The van der Waals surface area contributed by atoms with Crippen molar-refractivity contribution in [1.82, 2.24) is 10.3 Å². The summed E-state index contributed by atoms with van der Waals surface area (Å²) in [5.74, 6) is 0.777. The van der Waals surface area contributed by atoms with Gasteiger partial charge in [0.25, 0.3) is 0 Å². The highest BCUT2D eigenvalue weighted by atomic mass is 16.5. The first-order valence-electron chi connectivity index (χ1n) is 10.1. The third-order valence-corrected chi connectivity index (χ3v) is 5.89. The standard InChI is InChI=1S/C24H28N2O3/c1-16-11-19(15-27)26-21-12-18-14-24(28,23(2,3)29-22(18)13-20(16)21)25-10-9-17-7-5-4-6-8-17/h4-8,11-13,25,27-28H,9-10,14-15H2,1-3H3/t24-/m1/s1. The number of aromatic nitrogens is 1. The molecule has 2 heterocycles. The van der Waals surface area contributed by atoms with Gasteiger partial charge in [-0.05, 0) is 56.5 Å². The van der Waals surface area contributed by atoms with Crippen molar-refractivity contribution in [3.8, 4) is 5.75 Å². The van der Waals surface area contributed by atoms with Crippen molar-refractivity contribution in [2.75, 3.05) is 6.54 Å². The van der Waals surface area contributed by atoms with Crippen LogP contribution in [0.3, 0.4) is 0 Å². The number of fused-ring (bicyclic) bond motifs is 2. The fourth-order valence-electron chi connectivity index (χ4n) is 4.03. The molecule has 0 saturated heterocycles. The van der Waals surface area contributed by atoms with E-state index in [-0.39, 0.29) is 6.61 Å². The molecule has 0 aliphatic carbocycles. The molecule has 0 radical (unpaired) electrons. The molecule has 3 N–H and O–H groups in total. The summed E-state index contributed by atoms with van der Waals surface area (Å²) in [5, 5.41) is 25.2. The highest BCUT2D eigenvalue weighted by molar-refractivity contribution is 5.85. The zero-order valence-electron chi connectivity index (χ0n) is 17.2. The van der Waals surface area contributed by atoms with Gasteiger partial charge in [-0.3, -0.25) is 10.3 Å². The summed E-state index contributed by atoms with van der Waals surface area (Å²) >= 11 is 0. The fourth-order valence-corrected chi connectivity index (χ4v) is 4.03. The normalized spacial score (nSPS) is 20.3. The number of hydrogen-bond acceptors (Lipinski definition) is 5. The minimum atomic E-state index is -1.20. The quantitative estimate of drug-likeness (QED) is 0.581. The maximum absolute atomic E-state index is 11.5. The topological polar surface area (TPSA) is 74.6 Å². The van der Waals surface area contributed by atoms with E-state index >= 15 is 0 Å². The van der Waals surface area contributed by atoms with E-state index < -0.39 is 11.3 Å². The van der Waals surface area contributed by atoms with Crippen molar-refractivity contribution in [2.45, 2.75) is 51.5 Å². The molecule has 29 heavy (non-hydrogen) atoms. The van der Waals surface area contributed by atoms with E-state index in [0.29, 0.717) is 18.7 Å². The average molecular weight is 392 g/mol. The predicted octanol–water partition coefficient (Wildman–Crippen LogP) is 3.27. The fraction of sp³-hybridized carbons (Fsp3) is 0.375. The Morgan fingerprint density at radius 2 is 1.90 bits per heavy atom. The van der Waals surface area contributed by atoms with Crippen LogP contribution < -0.4 is 10.1 Å². The first-order chi connectivity index (χ1) is 13.8. The van der Waals surface area contributed by atoms with Crippen molar-refractivity contribution >= 4 is 10.9 Å². The number of hydrogen-bond donors (Lipinski definition) is 3. The average Bonchev–Trinajstić information content (AvgIpc) is 2.68. The van der Waals surface area contributed by atoms with E-state index in [2.05, 4.69) is 22.4 Å².